The maximum absolute atomic E-state index is 12.2. The van der Waals surface area contributed by atoms with Crippen LogP contribution in [0.2, 0.25) is 0 Å². The zero-order chi connectivity index (χ0) is 17.1. The molecule has 2 N–H and O–H groups in total. The van der Waals surface area contributed by atoms with Crippen LogP contribution in [-0.2, 0) is 4.74 Å². The van der Waals surface area contributed by atoms with Gasteiger partial charge in [0.15, 0.2) is 12.4 Å². The van der Waals surface area contributed by atoms with Crippen LogP contribution in [0.25, 0.3) is 10.8 Å². The van der Waals surface area contributed by atoms with Crippen molar-refractivity contribution in [3.63, 3.8) is 0 Å². The number of esters is 1. The van der Waals surface area contributed by atoms with E-state index in [1.54, 1.807) is 12.1 Å². The second-order valence-electron chi connectivity index (χ2n) is 5.13. The number of nitrogens with two attached hydrogens (primary N) is 1. The average Bonchev–Trinajstić information content (AvgIpc) is 3.09. The molecule has 6 nitrogen and oxygen atoms in total. The molecule has 24 heavy (non-hydrogen) atoms. The fourth-order valence-corrected chi connectivity index (χ4v) is 2.22. The normalized spacial score (nSPS) is 10.5. The number of benzene rings is 2. The molecule has 2 aromatic carbocycles. The lowest BCUT2D eigenvalue weighted by molar-refractivity contribution is 0.0444. The zero-order valence-corrected chi connectivity index (χ0v) is 12.5. The Kier molecular flexibility index (Phi) is 4.11. The van der Waals surface area contributed by atoms with Gasteiger partial charge >= 0.3 is 5.97 Å². The maximum atomic E-state index is 12.2. The van der Waals surface area contributed by atoms with Crippen molar-refractivity contribution in [1.82, 2.24) is 0 Å². The number of primary amides is 1. The van der Waals surface area contributed by atoms with Crippen LogP contribution in [-0.4, -0.2) is 24.3 Å². The molecule has 3 aromatic rings. The summed E-state index contributed by atoms with van der Waals surface area (Å²) in [4.78, 5) is 34.9. The average molecular weight is 323 g/mol. The van der Waals surface area contributed by atoms with Crippen LogP contribution in [0.5, 0.6) is 0 Å². The van der Waals surface area contributed by atoms with Crippen LogP contribution in [0.3, 0.4) is 0 Å². The maximum Gasteiger partial charge on any atom is 0.374 e. The smallest absolute Gasteiger partial charge is 0.374 e. The number of hydrogen-bond acceptors (Lipinski definition) is 5. The van der Waals surface area contributed by atoms with Gasteiger partial charge in [0.1, 0.15) is 6.26 Å². The van der Waals surface area contributed by atoms with Gasteiger partial charge in [0.25, 0.3) is 5.91 Å². The Labute approximate surface area is 136 Å². The van der Waals surface area contributed by atoms with Crippen molar-refractivity contribution < 1.29 is 23.5 Å². The quantitative estimate of drug-likeness (QED) is 0.574. The first kappa shape index (κ1) is 15.5. The Balaban J connectivity index is 1.67. The number of rotatable bonds is 5. The minimum Gasteiger partial charge on any atom is -0.456 e. The molecule has 0 fully saturated rings. The highest BCUT2D eigenvalue weighted by Gasteiger charge is 2.17. The topological polar surface area (TPSA) is 99.6 Å². The molecule has 0 saturated carbocycles. The van der Waals surface area contributed by atoms with Crippen LogP contribution < -0.4 is 5.73 Å². The van der Waals surface area contributed by atoms with Gasteiger partial charge < -0.3 is 14.9 Å². The Morgan fingerprint density at radius 2 is 1.71 bits per heavy atom. The summed E-state index contributed by atoms with van der Waals surface area (Å²) >= 11 is 0. The molecule has 0 aliphatic carbocycles. The summed E-state index contributed by atoms with van der Waals surface area (Å²) in [6.07, 6.45) is 1.06. The number of Topliss-reactive ketones (excluding diaryl/α,β-unsaturated/α-hetero) is 1. The van der Waals surface area contributed by atoms with Crippen molar-refractivity contribution in [1.29, 1.82) is 0 Å². The van der Waals surface area contributed by atoms with E-state index in [2.05, 4.69) is 0 Å². The molecule has 120 valence electrons. The molecular weight excluding hydrogens is 310 g/mol. The van der Waals surface area contributed by atoms with Crippen LogP contribution in [0, 0.1) is 0 Å². The van der Waals surface area contributed by atoms with Crippen LogP contribution in [0.15, 0.2) is 59.2 Å². The van der Waals surface area contributed by atoms with Crippen LogP contribution in [0.1, 0.15) is 31.3 Å². The first-order valence-electron chi connectivity index (χ1n) is 7.12. The summed E-state index contributed by atoms with van der Waals surface area (Å²) in [6, 6.07) is 14.0. The van der Waals surface area contributed by atoms with Gasteiger partial charge in [0.2, 0.25) is 5.76 Å². The predicted molar refractivity (Wildman–Crippen MR) is 85.8 cm³/mol. The highest BCUT2D eigenvalue weighted by molar-refractivity contribution is 6.02. The largest absolute Gasteiger partial charge is 0.456 e. The molecule has 1 aromatic heterocycles. The number of hydrogen-bond donors (Lipinski definition) is 1. The lowest BCUT2D eigenvalue weighted by Gasteiger charge is -2.04. The molecule has 6 heteroatoms. The molecule has 0 bridgehead atoms. The van der Waals surface area contributed by atoms with E-state index >= 15 is 0 Å². The van der Waals surface area contributed by atoms with Gasteiger partial charge in [-0.2, -0.15) is 0 Å². The van der Waals surface area contributed by atoms with E-state index in [9.17, 15) is 14.4 Å². The Bertz CT molecular complexity index is 941. The standard InChI is InChI=1S/C18H13NO5/c19-17(21)14-8-16(23-9-14)18(22)24-10-15(20)13-6-5-11-3-1-2-4-12(11)7-13/h1-9H,10H2,(H2,19,21). The van der Waals surface area contributed by atoms with Gasteiger partial charge in [0, 0.05) is 11.6 Å². The van der Waals surface area contributed by atoms with E-state index in [4.69, 9.17) is 14.9 Å². The monoisotopic (exact) mass is 323 g/mol. The molecule has 1 amide bonds. The first-order valence-corrected chi connectivity index (χ1v) is 7.12. The number of fused-ring (bicyclic) bond motifs is 1. The van der Waals surface area contributed by atoms with Gasteiger partial charge in [-0.25, -0.2) is 4.79 Å². The zero-order valence-electron chi connectivity index (χ0n) is 12.5. The van der Waals surface area contributed by atoms with Gasteiger partial charge in [-0.05, 0) is 16.8 Å². The SMILES string of the molecule is NC(=O)c1coc(C(=O)OCC(=O)c2ccc3ccccc3c2)c1. The number of furan rings is 1. The number of ketones is 1. The van der Waals surface area contributed by atoms with Crippen molar-refractivity contribution in [2.45, 2.75) is 0 Å². The van der Waals surface area contributed by atoms with E-state index in [1.807, 2.05) is 30.3 Å². The Morgan fingerprint density at radius 1 is 0.958 bits per heavy atom. The highest BCUT2D eigenvalue weighted by atomic mass is 16.5. The fraction of sp³-hybridized carbons (Fsp3) is 0.0556. The third-order valence-electron chi connectivity index (χ3n) is 3.49. The highest BCUT2D eigenvalue weighted by Crippen LogP contribution is 2.16. The van der Waals surface area contributed by atoms with Crippen molar-refractivity contribution in [3.05, 3.63) is 71.7 Å². The molecule has 0 aliphatic heterocycles. The van der Waals surface area contributed by atoms with E-state index < -0.39 is 18.5 Å². The minimum atomic E-state index is -0.836. The first-order chi connectivity index (χ1) is 11.5. The molecule has 0 radical (unpaired) electrons. The van der Waals surface area contributed by atoms with Crippen molar-refractivity contribution in [2.75, 3.05) is 6.61 Å². The Morgan fingerprint density at radius 3 is 2.42 bits per heavy atom. The molecule has 0 atom stereocenters. The second-order valence-corrected chi connectivity index (χ2v) is 5.13. The summed E-state index contributed by atoms with van der Waals surface area (Å²) in [5, 5.41) is 1.94. The van der Waals surface area contributed by atoms with Gasteiger partial charge in [0.05, 0.1) is 5.56 Å². The van der Waals surface area contributed by atoms with Gasteiger partial charge in [-0.15, -0.1) is 0 Å². The number of amides is 1. The molecule has 3 rings (SSSR count). The van der Waals surface area contributed by atoms with E-state index in [1.165, 1.54) is 6.07 Å². The van der Waals surface area contributed by atoms with Crippen molar-refractivity contribution >= 4 is 28.4 Å². The fourth-order valence-electron chi connectivity index (χ4n) is 2.22. The van der Waals surface area contributed by atoms with Crippen molar-refractivity contribution in [3.8, 4) is 0 Å². The summed E-state index contributed by atoms with van der Waals surface area (Å²) in [6.45, 7) is -0.427. The third kappa shape index (κ3) is 3.17. The molecule has 0 unspecified atom stereocenters. The van der Waals surface area contributed by atoms with Gasteiger partial charge in [-0.3, -0.25) is 9.59 Å². The van der Waals surface area contributed by atoms with Gasteiger partial charge in [-0.1, -0.05) is 36.4 Å². The van der Waals surface area contributed by atoms with E-state index in [0.717, 1.165) is 17.0 Å². The summed E-state index contributed by atoms with van der Waals surface area (Å²) in [5.41, 5.74) is 5.57. The minimum absolute atomic E-state index is 0.0582. The predicted octanol–water partition coefficient (Wildman–Crippen LogP) is 2.57. The lowest BCUT2D eigenvalue weighted by atomic mass is 10.0. The molecule has 1 heterocycles. The summed E-state index contributed by atoms with van der Waals surface area (Å²) in [7, 11) is 0. The van der Waals surface area contributed by atoms with Crippen LogP contribution in [0.4, 0.5) is 0 Å². The second kappa shape index (κ2) is 6.37. The number of ether oxygens (including phenoxy) is 1. The van der Waals surface area contributed by atoms with Crippen molar-refractivity contribution in [2.24, 2.45) is 5.73 Å². The third-order valence-corrected chi connectivity index (χ3v) is 3.49. The molecule has 0 saturated heterocycles. The molecule has 0 spiro atoms. The number of carbonyl (C=O) groups excluding carboxylic acids is 3. The van der Waals surface area contributed by atoms with Crippen LogP contribution >= 0.6 is 0 Å². The summed E-state index contributed by atoms with van der Waals surface area (Å²) in [5.74, 6) is -2.08. The van der Waals surface area contributed by atoms with E-state index in [0.29, 0.717) is 5.56 Å². The Hall–Kier alpha value is -3.41. The lowest BCUT2D eigenvalue weighted by Crippen LogP contribution is -2.14. The number of carbonyl (C=O) groups is 3. The molecular formula is C18H13NO5. The molecule has 0 aliphatic rings. The van der Waals surface area contributed by atoms with E-state index in [-0.39, 0.29) is 17.1 Å². The summed E-state index contributed by atoms with van der Waals surface area (Å²) < 4.78 is 9.81.